The van der Waals surface area contributed by atoms with Crippen LogP contribution in [0.2, 0.25) is 0 Å². The quantitative estimate of drug-likeness (QED) is 0.695. The molecule has 0 atom stereocenters. The fraction of sp³-hybridized carbons (Fsp3) is 0.273. The van der Waals surface area contributed by atoms with Crippen LogP contribution in [0.25, 0.3) is 0 Å². The summed E-state index contributed by atoms with van der Waals surface area (Å²) in [6.45, 7) is 2.85. The molecule has 0 bridgehead atoms. The standard InChI is InChI=1S/C11H12N2O2/c1-9-12-7-8-13(15-9)11(14)10-5-3-2-4-6-10/h2-6H,7-8H2,1H3. The summed E-state index contributed by atoms with van der Waals surface area (Å²) in [6, 6.07) is 9.08. The van der Waals surface area contributed by atoms with Crippen molar-refractivity contribution in [2.75, 3.05) is 13.1 Å². The first kappa shape index (κ1) is 9.71. The molecule has 1 aromatic carbocycles. The van der Waals surface area contributed by atoms with Crippen molar-refractivity contribution in [1.29, 1.82) is 0 Å². The maximum absolute atomic E-state index is 11.9. The van der Waals surface area contributed by atoms with E-state index in [2.05, 4.69) is 4.99 Å². The molecule has 0 aromatic heterocycles. The zero-order chi connectivity index (χ0) is 10.7. The molecule has 0 spiro atoms. The summed E-state index contributed by atoms with van der Waals surface area (Å²) in [4.78, 5) is 21.2. The third kappa shape index (κ3) is 2.15. The van der Waals surface area contributed by atoms with E-state index in [0.717, 1.165) is 0 Å². The van der Waals surface area contributed by atoms with Crippen LogP contribution < -0.4 is 0 Å². The molecule has 2 rings (SSSR count). The maximum atomic E-state index is 11.9. The minimum absolute atomic E-state index is 0.121. The Hall–Kier alpha value is -1.84. The second-order valence-corrected chi connectivity index (χ2v) is 3.27. The predicted octanol–water partition coefficient (Wildman–Crippen LogP) is 1.49. The van der Waals surface area contributed by atoms with E-state index in [1.165, 1.54) is 5.06 Å². The Bertz CT molecular complexity index is 387. The van der Waals surface area contributed by atoms with E-state index in [1.807, 2.05) is 18.2 Å². The average Bonchev–Trinajstić information content (AvgIpc) is 2.29. The van der Waals surface area contributed by atoms with Gasteiger partial charge in [-0.3, -0.25) is 9.79 Å². The van der Waals surface area contributed by atoms with Gasteiger partial charge >= 0.3 is 0 Å². The van der Waals surface area contributed by atoms with Gasteiger partial charge in [-0.1, -0.05) is 18.2 Å². The highest BCUT2D eigenvalue weighted by atomic mass is 16.7. The molecule has 1 aliphatic heterocycles. The fourth-order valence-electron chi connectivity index (χ4n) is 1.40. The molecule has 0 N–H and O–H groups in total. The van der Waals surface area contributed by atoms with Crippen molar-refractivity contribution in [3.8, 4) is 0 Å². The summed E-state index contributed by atoms with van der Waals surface area (Å²) in [6.07, 6.45) is 0. The van der Waals surface area contributed by atoms with Crippen LogP contribution in [0.1, 0.15) is 17.3 Å². The minimum Gasteiger partial charge on any atom is -0.361 e. The molecular weight excluding hydrogens is 192 g/mol. The monoisotopic (exact) mass is 204 g/mol. The number of hydrogen-bond donors (Lipinski definition) is 0. The Kier molecular flexibility index (Phi) is 2.67. The van der Waals surface area contributed by atoms with Crippen LogP contribution in [-0.4, -0.2) is 30.0 Å². The van der Waals surface area contributed by atoms with Crippen LogP contribution in [0.15, 0.2) is 35.3 Å². The molecule has 78 valence electrons. The molecule has 1 amide bonds. The summed E-state index contributed by atoms with van der Waals surface area (Å²) in [5.41, 5.74) is 0.632. The van der Waals surface area contributed by atoms with Crippen LogP contribution in [-0.2, 0) is 4.84 Å². The van der Waals surface area contributed by atoms with Crippen molar-refractivity contribution in [2.24, 2.45) is 4.99 Å². The van der Waals surface area contributed by atoms with E-state index in [1.54, 1.807) is 19.1 Å². The molecular formula is C11H12N2O2. The largest absolute Gasteiger partial charge is 0.361 e. The van der Waals surface area contributed by atoms with Crippen molar-refractivity contribution in [2.45, 2.75) is 6.92 Å². The third-order valence-electron chi connectivity index (χ3n) is 2.13. The van der Waals surface area contributed by atoms with E-state index >= 15 is 0 Å². The first-order valence-electron chi connectivity index (χ1n) is 4.83. The molecule has 4 nitrogen and oxygen atoms in total. The highest BCUT2D eigenvalue weighted by Gasteiger charge is 2.20. The molecule has 1 heterocycles. The second-order valence-electron chi connectivity index (χ2n) is 3.27. The molecule has 0 radical (unpaired) electrons. The number of amides is 1. The molecule has 4 heteroatoms. The number of carbonyl (C=O) groups is 1. The molecule has 1 aromatic rings. The normalized spacial score (nSPS) is 15.5. The molecule has 0 fully saturated rings. The predicted molar refractivity (Wildman–Crippen MR) is 56.5 cm³/mol. The highest BCUT2D eigenvalue weighted by Crippen LogP contribution is 2.08. The summed E-state index contributed by atoms with van der Waals surface area (Å²) >= 11 is 0. The Balaban J connectivity index is 2.12. The molecule has 0 saturated carbocycles. The lowest BCUT2D eigenvalue weighted by Crippen LogP contribution is -2.38. The summed E-state index contributed by atoms with van der Waals surface area (Å²) < 4.78 is 0. The number of carbonyl (C=O) groups excluding carboxylic acids is 1. The molecule has 0 unspecified atom stereocenters. The first-order valence-corrected chi connectivity index (χ1v) is 4.83. The van der Waals surface area contributed by atoms with Crippen molar-refractivity contribution < 1.29 is 9.63 Å². The topological polar surface area (TPSA) is 41.9 Å². The average molecular weight is 204 g/mol. The number of benzene rings is 1. The van der Waals surface area contributed by atoms with Gasteiger partial charge in [-0.25, -0.2) is 0 Å². The lowest BCUT2D eigenvalue weighted by atomic mass is 10.2. The van der Waals surface area contributed by atoms with Gasteiger partial charge in [0.05, 0.1) is 13.1 Å². The fourth-order valence-corrected chi connectivity index (χ4v) is 1.40. The zero-order valence-electron chi connectivity index (χ0n) is 8.51. The number of aliphatic imine (C=N–C) groups is 1. The highest BCUT2D eigenvalue weighted by molar-refractivity contribution is 5.94. The Morgan fingerprint density at radius 2 is 2.13 bits per heavy atom. The zero-order valence-corrected chi connectivity index (χ0v) is 8.51. The second kappa shape index (κ2) is 4.13. The molecule has 0 saturated heterocycles. The number of hydroxylamine groups is 2. The Labute approximate surface area is 88.1 Å². The number of rotatable bonds is 1. The summed E-state index contributed by atoms with van der Waals surface area (Å²) in [5.74, 6) is 0.412. The van der Waals surface area contributed by atoms with Crippen molar-refractivity contribution in [3.05, 3.63) is 35.9 Å². The van der Waals surface area contributed by atoms with Gasteiger partial charge in [0.25, 0.3) is 5.91 Å². The van der Waals surface area contributed by atoms with Gasteiger partial charge in [-0.05, 0) is 12.1 Å². The smallest absolute Gasteiger partial charge is 0.286 e. The van der Waals surface area contributed by atoms with Crippen LogP contribution in [0, 0.1) is 0 Å². The maximum Gasteiger partial charge on any atom is 0.286 e. The SMILES string of the molecule is CC1=NCCN(C(=O)c2ccccc2)O1. The van der Waals surface area contributed by atoms with Crippen LogP contribution in [0.3, 0.4) is 0 Å². The number of hydrogen-bond acceptors (Lipinski definition) is 3. The number of nitrogens with zero attached hydrogens (tertiary/aromatic N) is 2. The van der Waals surface area contributed by atoms with Gasteiger partial charge in [0, 0.05) is 12.5 Å². The van der Waals surface area contributed by atoms with Crippen molar-refractivity contribution in [1.82, 2.24) is 5.06 Å². The van der Waals surface area contributed by atoms with Gasteiger partial charge in [0.15, 0.2) is 0 Å². The van der Waals surface area contributed by atoms with E-state index < -0.39 is 0 Å². The molecule has 1 aliphatic rings. The van der Waals surface area contributed by atoms with Crippen molar-refractivity contribution in [3.63, 3.8) is 0 Å². The van der Waals surface area contributed by atoms with Gasteiger partial charge in [0.1, 0.15) is 0 Å². The lowest BCUT2D eigenvalue weighted by Gasteiger charge is -2.24. The van der Waals surface area contributed by atoms with Crippen molar-refractivity contribution >= 4 is 11.8 Å². The summed E-state index contributed by atoms with van der Waals surface area (Å²) in [5, 5.41) is 1.34. The third-order valence-corrected chi connectivity index (χ3v) is 2.13. The van der Waals surface area contributed by atoms with E-state index in [-0.39, 0.29) is 5.91 Å². The van der Waals surface area contributed by atoms with E-state index in [4.69, 9.17) is 4.84 Å². The van der Waals surface area contributed by atoms with Crippen LogP contribution >= 0.6 is 0 Å². The Morgan fingerprint density at radius 3 is 2.80 bits per heavy atom. The molecule has 15 heavy (non-hydrogen) atoms. The van der Waals surface area contributed by atoms with Gasteiger partial charge < -0.3 is 4.84 Å². The van der Waals surface area contributed by atoms with Gasteiger partial charge in [-0.15, -0.1) is 0 Å². The van der Waals surface area contributed by atoms with E-state index in [0.29, 0.717) is 24.6 Å². The van der Waals surface area contributed by atoms with Crippen LogP contribution in [0.4, 0.5) is 0 Å². The van der Waals surface area contributed by atoms with Gasteiger partial charge in [0.2, 0.25) is 5.90 Å². The summed E-state index contributed by atoms with van der Waals surface area (Å²) in [7, 11) is 0. The lowest BCUT2D eigenvalue weighted by molar-refractivity contribution is -0.0497. The minimum atomic E-state index is -0.121. The first-order chi connectivity index (χ1) is 7.27. The van der Waals surface area contributed by atoms with Crippen LogP contribution in [0.5, 0.6) is 0 Å². The molecule has 0 aliphatic carbocycles. The Morgan fingerprint density at radius 1 is 1.40 bits per heavy atom. The van der Waals surface area contributed by atoms with E-state index in [9.17, 15) is 4.79 Å². The van der Waals surface area contributed by atoms with Gasteiger partial charge in [-0.2, -0.15) is 5.06 Å².